The molecule has 0 bridgehead atoms. The summed E-state index contributed by atoms with van der Waals surface area (Å²) in [5.41, 5.74) is -3.88. The number of anilines is 1. The Hall–Kier alpha value is -4.04. The number of alkyl halides is 6. The summed E-state index contributed by atoms with van der Waals surface area (Å²) in [6.07, 6.45) is -12.2. The molecule has 2 atom stereocenters. The zero-order valence-corrected chi connectivity index (χ0v) is 24.5. The number of carbonyl (C=O) groups excluding carboxylic acids is 2. The molecule has 0 spiro atoms. The largest absolute Gasteiger partial charge is 0.533 e. The molecule has 1 amide bonds. The second-order valence-electron chi connectivity index (χ2n) is 10.8. The summed E-state index contributed by atoms with van der Waals surface area (Å²) < 4.78 is 102. The highest BCUT2D eigenvalue weighted by atomic mass is 19.4. The fraction of sp³-hybridized carbons (Fsp3) is 0.500. The van der Waals surface area contributed by atoms with E-state index in [1.54, 1.807) is 27.7 Å². The highest BCUT2D eigenvalue weighted by Crippen LogP contribution is 2.47. The smallest absolute Gasteiger partial charge is 0.493 e. The molecule has 1 aliphatic rings. The van der Waals surface area contributed by atoms with Gasteiger partial charge >= 0.3 is 24.6 Å². The van der Waals surface area contributed by atoms with Crippen LogP contribution in [0.5, 0.6) is 11.5 Å². The van der Waals surface area contributed by atoms with Crippen LogP contribution in [0.2, 0.25) is 0 Å². The van der Waals surface area contributed by atoms with E-state index < -0.39 is 65.5 Å². The van der Waals surface area contributed by atoms with Gasteiger partial charge in [0, 0.05) is 18.2 Å². The number of hydroxylamine groups is 1. The molecule has 0 N–H and O–H groups in total. The Morgan fingerprint density at radius 3 is 1.88 bits per heavy atom. The predicted molar refractivity (Wildman–Crippen MR) is 141 cm³/mol. The first-order valence-corrected chi connectivity index (χ1v) is 12.9. The standard InChI is InChI=1S/C28H32F6N2O7/c1-15-8-20(19-12-22(39-5)23(40-6)13-21(19)36(15)43-25(38)42-26(2,3)4)35(24(37)41-7)14-16-9-17(27(29,30)31)11-18(10-16)28(32,33)34/h9-13,15,20H,8,14H2,1-7H3/t15-,20+/m1/s1. The van der Waals surface area contributed by atoms with E-state index in [-0.39, 0.29) is 35.2 Å². The van der Waals surface area contributed by atoms with E-state index in [0.29, 0.717) is 12.1 Å². The molecule has 9 nitrogen and oxygen atoms in total. The molecule has 0 radical (unpaired) electrons. The molecular formula is C28H32F6N2O7. The van der Waals surface area contributed by atoms with Gasteiger partial charge in [-0.3, -0.25) is 4.90 Å². The Kier molecular flexibility index (Phi) is 9.56. The number of amides is 1. The van der Waals surface area contributed by atoms with Crippen LogP contribution < -0.4 is 14.5 Å². The minimum atomic E-state index is -5.08. The second kappa shape index (κ2) is 12.3. The summed E-state index contributed by atoms with van der Waals surface area (Å²) in [6, 6.07) is 2.37. The molecule has 43 heavy (non-hydrogen) atoms. The molecule has 0 aromatic heterocycles. The molecule has 0 saturated heterocycles. The quantitative estimate of drug-likeness (QED) is 0.242. The lowest BCUT2D eigenvalue weighted by molar-refractivity contribution is -0.143. The zero-order chi connectivity index (χ0) is 32.5. The van der Waals surface area contributed by atoms with Crippen molar-refractivity contribution in [1.82, 2.24) is 4.90 Å². The van der Waals surface area contributed by atoms with Crippen LogP contribution in [0.4, 0.5) is 41.6 Å². The van der Waals surface area contributed by atoms with E-state index in [1.807, 2.05) is 0 Å². The Balaban J connectivity index is 2.17. The van der Waals surface area contributed by atoms with Crippen molar-refractivity contribution < 1.29 is 59.7 Å². The normalized spacial score (nSPS) is 17.1. The molecular weight excluding hydrogens is 590 g/mol. The fourth-order valence-electron chi connectivity index (χ4n) is 4.63. The number of ether oxygens (including phenoxy) is 4. The minimum Gasteiger partial charge on any atom is -0.493 e. The van der Waals surface area contributed by atoms with Crippen LogP contribution in [0, 0.1) is 0 Å². The van der Waals surface area contributed by atoms with Crippen molar-refractivity contribution in [3.05, 3.63) is 52.6 Å². The molecule has 2 aromatic rings. The summed E-state index contributed by atoms with van der Waals surface area (Å²) in [5, 5.41) is 1.23. The van der Waals surface area contributed by atoms with Crippen molar-refractivity contribution in [2.24, 2.45) is 0 Å². The average molecular weight is 623 g/mol. The topological polar surface area (TPSA) is 86.8 Å². The van der Waals surface area contributed by atoms with Gasteiger partial charge in [-0.2, -0.15) is 31.4 Å². The van der Waals surface area contributed by atoms with Gasteiger partial charge in [0.05, 0.1) is 50.2 Å². The third-order valence-corrected chi connectivity index (χ3v) is 6.44. The van der Waals surface area contributed by atoms with Crippen LogP contribution in [0.3, 0.4) is 0 Å². The first-order chi connectivity index (χ1) is 19.8. The van der Waals surface area contributed by atoms with Gasteiger partial charge in [0.1, 0.15) is 5.60 Å². The van der Waals surface area contributed by atoms with Gasteiger partial charge in [0.15, 0.2) is 11.5 Å². The molecule has 0 fully saturated rings. The number of benzene rings is 2. The van der Waals surface area contributed by atoms with Crippen LogP contribution in [0.15, 0.2) is 30.3 Å². The molecule has 1 heterocycles. The van der Waals surface area contributed by atoms with E-state index in [1.165, 1.54) is 31.4 Å². The van der Waals surface area contributed by atoms with Crippen molar-refractivity contribution in [3.8, 4) is 11.5 Å². The van der Waals surface area contributed by atoms with E-state index in [0.717, 1.165) is 12.0 Å². The summed E-state index contributed by atoms with van der Waals surface area (Å²) in [5.74, 6) is 0.408. The second-order valence-corrected chi connectivity index (χ2v) is 10.8. The molecule has 3 rings (SSSR count). The van der Waals surface area contributed by atoms with Gasteiger partial charge < -0.3 is 23.8 Å². The van der Waals surface area contributed by atoms with Crippen LogP contribution in [0.1, 0.15) is 62.4 Å². The number of nitrogens with zero attached hydrogens (tertiary/aromatic N) is 2. The lowest BCUT2D eigenvalue weighted by Crippen LogP contribution is -2.46. The van der Waals surface area contributed by atoms with Crippen molar-refractivity contribution in [2.75, 3.05) is 26.4 Å². The van der Waals surface area contributed by atoms with Gasteiger partial charge in [-0.05, 0) is 63.9 Å². The highest BCUT2D eigenvalue weighted by molar-refractivity contribution is 5.72. The molecule has 15 heteroatoms. The number of hydrogen-bond donors (Lipinski definition) is 0. The fourth-order valence-corrected chi connectivity index (χ4v) is 4.63. The highest BCUT2D eigenvalue weighted by Gasteiger charge is 2.41. The van der Waals surface area contributed by atoms with Crippen molar-refractivity contribution >= 4 is 17.9 Å². The van der Waals surface area contributed by atoms with Gasteiger partial charge in [0.25, 0.3) is 0 Å². The van der Waals surface area contributed by atoms with Crippen LogP contribution >= 0.6 is 0 Å². The van der Waals surface area contributed by atoms with Gasteiger partial charge in [-0.25, -0.2) is 9.59 Å². The number of methoxy groups -OCH3 is 3. The number of fused-ring (bicyclic) bond motifs is 1. The van der Waals surface area contributed by atoms with Crippen molar-refractivity contribution in [1.29, 1.82) is 0 Å². The van der Waals surface area contributed by atoms with E-state index in [4.69, 9.17) is 23.8 Å². The van der Waals surface area contributed by atoms with Crippen LogP contribution in [-0.4, -0.2) is 50.1 Å². The first kappa shape index (κ1) is 33.5. The van der Waals surface area contributed by atoms with E-state index in [9.17, 15) is 35.9 Å². The summed E-state index contributed by atoms with van der Waals surface area (Å²) >= 11 is 0. The first-order valence-electron chi connectivity index (χ1n) is 12.9. The summed E-state index contributed by atoms with van der Waals surface area (Å²) in [6.45, 7) is 5.87. The third kappa shape index (κ3) is 7.87. The van der Waals surface area contributed by atoms with Gasteiger partial charge in [0.2, 0.25) is 0 Å². The summed E-state index contributed by atoms with van der Waals surface area (Å²) in [4.78, 5) is 32.2. The maximum Gasteiger partial charge on any atom is 0.533 e. The number of hydrogen-bond acceptors (Lipinski definition) is 8. The molecule has 2 aromatic carbocycles. The van der Waals surface area contributed by atoms with Gasteiger partial charge in [-0.15, -0.1) is 0 Å². The Morgan fingerprint density at radius 2 is 1.42 bits per heavy atom. The maximum absolute atomic E-state index is 13.6. The third-order valence-electron chi connectivity index (χ3n) is 6.44. The van der Waals surface area contributed by atoms with Crippen molar-refractivity contribution in [2.45, 2.75) is 70.7 Å². The average Bonchev–Trinajstić information content (AvgIpc) is 2.89. The predicted octanol–water partition coefficient (Wildman–Crippen LogP) is 7.52. The lowest BCUT2D eigenvalue weighted by Gasteiger charge is -2.42. The zero-order valence-electron chi connectivity index (χ0n) is 24.5. The lowest BCUT2D eigenvalue weighted by atomic mass is 9.91. The molecule has 0 saturated carbocycles. The maximum atomic E-state index is 13.6. The Labute approximate surface area is 244 Å². The SMILES string of the molecule is COC(=O)N(Cc1cc(C(F)(F)F)cc(C(F)(F)F)c1)[C@H]1C[C@@H](C)N(OC(=O)OC(C)(C)C)c2cc(OC)c(OC)cc21. The molecule has 0 unspecified atom stereocenters. The Bertz CT molecular complexity index is 1310. The van der Waals surface area contributed by atoms with Crippen LogP contribution in [0.25, 0.3) is 0 Å². The molecule has 238 valence electrons. The number of halogens is 6. The van der Waals surface area contributed by atoms with Crippen LogP contribution in [-0.2, 0) is 33.2 Å². The molecule has 1 aliphatic heterocycles. The number of carbonyl (C=O) groups is 2. The summed E-state index contributed by atoms with van der Waals surface area (Å²) in [7, 11) is 3.74. The number of rotatable bonds is 6. The molecule has 0 aliphatic carbocycles. The van der Waals surface area contributed by atoms with Crippen molar-refractivity contribution in [3.63, 3.8) is 0 Å². The Morgan fingerprint density at radius 1 is 0.884 bits per heavy atom. The minimum absolute atomic E-state index is 0.00543. The van der Waals surface area contributed by atoms with E-state index in [2.05, 4.69) is 0 Å². The monoisotopic (exact) mass is 622 g/mol. The van der Waals surface area contributed by atoms with Gasteiger partial charge in [-0.1, -0.05) is 0 Å². The van der Waals surface area contributed by atoms with E-state index >= 15 is 0 Å².